The summed E-state index contributed by atoms with van der Waals surface area (Å²) < 4.78 is 2.00. The fourth-order valence-electron chi connectivity index (χ4n) is 5.30. The lowest BCUT2D eigenvalue weighted by Crippen LogP contribution is -2.48. The van der Waals surface area contributed by atoms with E-state index in [1.807, 2.05) is 41.1 Å². The molecule has 0 spiro atoms. The second-order valence-electron chi connectivity index (χ2n) is 8.98. The first-order valence-electron chi connectivity index (χ1n) is 11.5. The van der Waals surface area contributed by atoms with E-state index in [1.165, 1.54) is 25.9 Å². The molecule has 2 aromatic heterocycles. The Morgan fingerprint density at radius 3 is 2.75 bits per heavy atom. The highest BCUT2D eigenvalue weighted by Gasteiger charge is 2.38. The molecule has 0 unspecified atom stereocenters. The van der Waals surface area contributed by atoms with Crippen molar-refractivity contribution in [2.24, 2.45) is 0 Å². The van der Waals surface area contributed by atoms with Crippen molar-refractivity contribution in [2.45, 2.75) is 56.5 Å². The van der Waals surface area contributed by atoms with Gasteiger partial charge in [0.25, 0.3) is 0 Å². The maximum Gasteiger partial charge on any atom is 0.225 e. The van der Waals surface area contributed by atoms with E-state index < -0.39 is 5.54 Å². The number of nitriles is 1. The van der Waals surface area contributed by atoms with Crippen molar-refractivity contribution in [3.8, 4) is 11.9 Å². The maximum absolute atomic E-state index is 12.1. The average molecular weight is 429 g/mol. The molecule has 5 rings (SSSR count). The van der Waals surface area contributed by atoms with Gasteiger partial charge in [0.05, 0.1) is 23.5 Å². The first-order chi connectivity index (χ1) is 15.7. The highest BCUT2D eigenvalue weighted by molar-refractivity contribution is 5.85. The van der Waals surface area contributed by atoms with Crippen molar-refractivity contribution < 1.29 is 4.79 Å². The molecular formula is C25H28N6O. The summed E-state index contributed by atoms with van der Waals surface area (Å²) in [5.41, 5.74) is 1.40. The smallest absolute Gasteiger partial charge is 0.225 e. The van der Waals surface area contributed by atoms with E-state index in [1.54, 1.807) is 6.20 Å². The summed E-state index contributed by atoms with van der Waals surface area (Å²) in [7, 11) is 0. The first kappa shape index (κ1) is 20.7. The second-order valence-corrected chi connectivity index (χ2v) is 8.98. The van der Waals surface area contributed by atoms with Gasteiger partial charge in [0, 0.05) is 23.8 Å². The third-order valence-corrected chi connectivity index (χ3v) is 7.07. The van der Waals surface area contributed by atoms with Crippen LogP contribution in [0.15, 0.2) is 42.7 Å². The molecule has 0 radical (unpaired) electrons. The number of fused-ring (bicyclic) bond motifs is 1. The molecule has 7 nitrogen and oxygen atoms in total. The molecule has 0 atom stereocenters. The number of carbonyl (C=O) groups excluding carboxylic acids is 1. The molecule has 1 N–H and O–H groups in total. The number of anilines is 1. The normalized spacial score (nSPS) is 23.8. The summed E-state index contributed by atoms with van der Waals surface area (Å²) in [5, 5.41) is 13.5. The van der Waals surface area contributed by atoms with Gasteiger partial charge in [-0.1, -0.05) is 12.1 Å². The van der Waals surface area contributed by atoms with Crippen molar-refractivity contribution in [1.29, 1.82) is 5.26 Å². The van der Waals surface area contributed by atoms with Crippen LogP contribution in [0.5, 0.6) is 0 Å². The van der Waals surface area contributed by atoms with Gasteiger partial charge >= 0.3 is 0 Å². The summed E-state index contributed by atoms with van der Waals surface area (Å²) >= 11 is 0. The van der Waals surface area contributed by atoms with Gasteiger partial charge in [-0.05, 0) is 75.4 Å². The van der Waals surface area contributed by atoms with Gasteiger partial charge in [-0.3, -0.25) is 0 Å². The van der Waals surface area contributed by atoms with Crippen molar-refractivity contribution >= 4 is 23.1 Å². The van der Waals surface area contributed by atoms with E-state index in [2.05, 4.69) is 21.3 Å². The zero-order valence-corrected chi connectivity index (χ0v) is 18.2. The molecule has 1 aromatic carbocycles. The van der Waals surface area contributed by atoms with Crippen LogP contribution in [0.4, 0.5) is 5.95 Å². The number of nitrogens with zero attached hydrogens (tertiary/aromatic N) is 5. The lowest BCUT2D eigenvalue weighted by molar-refractivity contribution is -0.112. The first-order valence-corrected chi connectivity index (χ1v) is 11.5. The molecule has 2 fully saturated rings. The minimum atomic E-state index is -0.604. The van der Waals surface area contributed by atoms with E-state index in [4.69, 9.17) is 10.2 Å². The molecule has 2 aliphatic rings. The quantitative estimate of drug-likeness (QED) is 0.600. The number of hydrogen-bond acceptors (Lipinski definition) is 6. The van der Waals surface area contributed by atoms with E-state index in [-0.39, 0.29) is 0 Å². The lowest BCUT2D eigenvalue weighted by atomic mass is 9.80. The third-order valence-electron chi connectivity index (χ3n) is 7.07. The number of aldehydes is 1. The van der Waals surface area contributed by atoms with Crippen LogP contribution in [0.25, 0.3) is 16.7 Å². The summed E-state index contributed by atoms with van der Waals surface area (Å²) in [6, 6.07) is 12.7. The van der Waals surface area contributed by atoms with Crippen LogP contribution in [0, 0.1) is 11.3 Å². The Kier molecular flexibility index (Phi) is 5.62. The monoisotopic (exact) mass is 428 g/mol. The minimum absolute atomic E-state index is 0.373. The Labute approximate surface area is 188 Å². The fraction of sp³-hybridized carbons (Fsp3) is 0.440. The maximum atomic E-state index is 12.1. The number of hydrogen-bond donors (Lipinski definition) is 1. The zero-order chi connectivity index (χ0) is 22.0. The molecule has 7 heteroatoms. The molecule has 1 aliphatic carbocycles. The van der Waals surface area contributed by atoms with Crippen LogP contribution in [0.1, 0.15) is 44.1 Å². The Balaban J connectivity index is 1.36. The van der Waals surface area contributed by atoms with Gasteiger partial charge in [0.1, 0.15) is 12.1 Å². The van der Waals surface area contributed by atoms with E-state index >= 15 is 0 Å². The molecule has 3 aromatic rings. The summed E-state index contributed by atoms with van der Waals surface area (Å²) in [4.78, 5) is 23.9. The number of nitrogens with one attached hydrogen (secondary N) is 1. The molecular weight excluding hydrogens is 400 g/mol. The molecule has 32 heavy (non-hydrogen) atoms. The van der Waals surface area contributed by atoms with Crippen molar-refractivity contribution in [3.05, 3.63) is 48.3 Å². The van der Waals surface area contributed by atoms with E-state index in [0.29, 0.717) is 18.4 Å². The highest BCUT2D eigenvalue weighted by atomic mass is 16.1. The topological polar surface area (TPSA) is 86.8 Å². The van der Waals surface area contributed by atoms with Crippen molar-refractivity contribution in [1.82, 2.24) is 19.4 Å². The molecule has 0 bridgehead atoms. The minimum Gasteiger partial charge on any atom is -0.342 e. The molecule has 1 aliphatic heterocycles. The average Bonchev–Trinajstić information content (AvgIpc) is 3.51. The van der Waals surface area contributed by atoms with Crippen molar-refractivity contribution in [2.75, 3.05) is 18.4 Å². The third kappa shape index (κ3) is 3.87. The van der Waals surface area contributed by atoms with Crippen LogP contribution in [-0.2, 0) is 11.2 Å². The number of carbonyl (C=O) groups is 1. The largest absolute Gasteiger partial charge is 0.342 e. The molecule has 1 saturated heterocycles. The molecule has 0 amide bonds. The van der Waals surface area contributed by atoms with Crippen LogP contribution in [0.3, 0.4) is 0 Å². The number of likely N-dealkylation sites (tertiary alicyclic amines) is 1. The van der Waals surface area contributed by atoms with E-state index in [0.717, 1.165) is 54.3 Å². The highest BCUT2D eigenvalue weighted by Crippen LogP contribution is 2.33. The molecule has 164 valence electrons. The number of benzene rings is 1. The summed E-state index contributed by atoms with van der Waals surface area (Å²) in [6.45, 7) is 2.39. The fourth-order valence-corrected chi connectivity index (χ4v) is 5.30. The van der Waals surface area contributed by atoms with Crippen LogP contribution in [0.2, 0.25) is 0 Å². The van der Waals surface area contributed by atoms with Gasteiger partial charge in [0.15, 0.2) is 0 Å². The van der Waals surface area contributed by atoms with Crippen LogP contribution in [-0.4, -0.2) is 50.4 Å². The Bertz CT molecular complexity index is 1150. The van der Waals surface area contributed by atoms with Gasteiger partial charge < -0.3 is 19.6 Å². The van der Waals surface area contributed by atoms with Gasteiger partial charge in [0.2, 0.25) is 5.95 Å². The Hall–Kier alpha value is -3.24. The molecule has 3 heterocycles. The van der Waals surface area contributed by atoms with E-state index in [9.17, 15) is 4.79 Å². The lowest BCUT2D eigenvalue weighted by Gasteiger charge is -2.40. The SMILES string of the molecule is N#CCc1cccc2c1ccn2-c1ccnc(NC2(C=O)CCC(N3CCCC3)CC2)n1. The summed E-state index contributed by atoms with van der Waals surface area (Å²) in [5.74, 6) is 1.21. The molecule has 1 saturated carbocycles. The zero-order valence-electron chi connectivity index (χ0n) is 18.2. The predicted molar refractivity (Wildman–Crippen MR) is 124 cm³/mol. The van der Waals surface area contributed by atoms with Crippen LogP contribution >= 0.6 is 0 Å². The summed E-state index contributed by atoms with van der Waals surface area (Å²) in [6.07, 6.45) is 11.4. The van der Waals surface area contributed by atoms with Crippen molar-refractivity contribution in [3.63, 3.8) is 0 Å². The second kappa shape index (κ2) is 8.71. The van der Waals surface area contributed by atoms with Gasteiger partial charge in [-0.15, -0.1) is 0 Å². The Morgan fingerprint density at radius 2 is 2.00 bits per heavy atom. The predicted octanol–water partition coefficient (Wildman–Crippen LogP) is 3.87. The number of rotatable bonds is 6. The number of aromatic nitrogens is 3. The van der Waals surface area contributed by atoms with Crippen LogP contribution < -0.4 is 5.32 Å². The standard InChI is InChI=1S/C25H28N6O/c26-13-8-19-4-3-5-22-21(19)10-17-31(22)23-9-14-27-24(28-23)29-25(18-32)11-6-20(7-12-25)30-15-1-2-16-30/h3-5,9-10,14,17-18,20H,1-2,6-8,11-12,15-16H2,(H,27,28,29). The van der Waals surface area contributed by atoms with Gasteiger partial charge in [-0.25, -0.2) is 4.98 Å². The van der Waals surface area contributed by atoms with Gasteiger partial charge in [-0.2, -0.15) is 10.2 Å². The Morgan fingerprint density at radius 1 is 1.19 bits per heavy atom.